The van der Waals surface area contributed by atoms with Crippen LogP contribution in [0.4, 0.5) is 0 Å². The molecule has 14 heteroatoms. The van der Waals surface area contributed by atoms with Crippen LogP contribution in [0.5, 0.6) is 5.75 Å². The molecular weight excluding hydrogens is 1370 g/mol. The number of aliphatic hydroxyl groups excluding tert-OH is 1. The summed E-state index contributed by atoms with van der Waals surface area (Å²) in [5.41, 5.74) is 18.6. The third-order valence-electron chi connectivity index (χ3n) is 19.9. The van der Waals surface area contributed by atoms with Crippen LogP contribution in [0.25, 0.3) is 160 Å². The van der Waals surface area contributed by atoms with Crippen LogP contribution in [0.3, 0.4) is 0 Å². The Morgan fingerprint density at radius 2 is 0.651 bits per heavy atom. The largest absolute Gasteiger partial charge is 0.478 e. The number of carbonyl (C=O) groups excluding carboxylic acids is 4. The number of methoxy groups -OCH3 is 3. The van der Waals surface area contributed by atoms with Crippen molar-refractivity contribution >= 4 is 196 Å². The number of rotatable bonds is 7. The van der Waals surface area contributed by atoms with Crippen molar-refractivity contribution in [3.8, 4) is 5.75 Å². The van der Waals surface area contributed by atoms with E-state index in [0.29, 0.717) is 39.1 Å². The molecule has 0 aromatic heterocycles. The Balaban J connectivity index is 0.000000101. The van der Waals surface area contributed by atoms with Gasteiger partial charge in [-0.05, 0) is 202 Å². The Hall–Kier alpha value is -14.2. The summed E-state index contributed by atoms with van der Waals surface area (Å²) < 4.78 is 19.5. The molecule has 0 bridgehead atoms. The molecular formula is C95H66O14. The number of hydrogen-bond donors (Lipinski definition) is 4. The van der Waals surface area contributed by atoms with Gasteiger partial charge in [-0.3, -0.25) is 4.79 Å². The molecule has 14 aromatic rings. The molecule has 7 aliphatic rings. The summed E-state index contributed by atoms with van der Waals surface area (Å²) in [6.07, 6.45) is 26.8. The second kappa shape index (κ2) is 29.8. The lowest BCUT2D eigenvalue weighted by Crippen LogP contribution is -2.03. The first-order valence-electron chi connectivity index (χ1n) is 34.9. The Morgan fingerprint density at radius 1 is 0.294 bits per heavy atom. The minimum absolute atomic E-state index is 0.279. The van der Waals surface area contributed by atoms with Crippen molar-refractivity contribution in [3.05, 3.63) is 324 Å². The number of carboxylic acid groups (broad SMARTS) is 2. The van der Waals surface area contributed by atoms with Crippen LogP contribution in [0.2, 0.25) is 0 Å². The molecule has 0 amide bonds. The Labute approximate surface area is 624 Å². The van der Waals surface area contributed by atoms with Gasteiger partial charge in [0.2, 0.25) is 0 Å². The normalized spacial score (nSPS) is 12.2. The second-order valence-corrected chi connectivity index (χ2v) is 26.3. The number of carboxylic acids is 2. The summed E-state index contributed by atoms with van der Waals surface area (Å²) in [7, 11) is 4.21. The van der Waals surface area contributed by atoms with Crippen molar-refractivity contribution in [2.45, 2.75) is 13.2 Å². The minimum atomic E-state index is -1.40. The topological polar surface area (TPSA) is 220 Å². The number of carbonyl (C=O) groups is 6. The molecule has 0 spiro atoms. The molecule has 14 nitrogen and oxygen atoms in total. The standard InChI is InChI=1S/4C14H10O2.C13H10O2.2C13H8O2/c1-16-14(15)12-8-6-10-4-2-3-9-5-7-11(12)13(9)10;1-9(15)16-13-8-6-11-4-2-3-10-5-7-12(13)14(10)11;1-16-14(15)12-7-10-4-2-3-9-5-6-11(8-12)13(9)10;1-16-14(15)12-8-7-10-6-5-9-3-2-4-11(12)13(9)10;14-13(15)11-7-5-9-3-1-2-8-4-6-10(11)12(8)9;14-13(15)11-6-9-3-1-2-8-4-5-10(7-11)12(8)9;14-13(15)11-7-6-9-5-4-8-2-1-3-10(11)12(8)9/h4*2-8H,1H3;1-7,13-15H;2*1-7H,(H,14,15). The van der Waals surface area contributed by atoms with Gasteiger partial charge in [0.05, 0.1) is 49.1 Å². The van der Waals surface area contributed by atoms with Gasteiger partial charge in [-0.1, -0.05) is 243 Å². The van der Waals surface area contributed by atoms with E-state index in [4.69, 9.17) is 29.2 Å². The molecule has 0 heterocycles. The van der Waals surface area contributed by atoms with Gasteiger partial charge in [0.1, 0.15) is 5.75 Å². The van der Waals surface area contributed by atoms with Crippen molar-refractivity contribution in [2.75, 3.05) is 21.3 Å². The maximum absolute atomic E-state index is 11.6. The average Bonchev–Trinajstić information content (AvgIpc) is 1.73. The predicted molar refractivity (Wildman–Crippen MR) is 437 cm³/mol. The van der Waals surface area contributed by atoms with E-state index >= 15 is 0 Å². The highest BCUT2D eigenvalue weighted by Crippen LogP contribution is 2.41. The van der Waals surface area contributed by atoms with E-state index in [9.17, 15) is 39.0 Å². The number of aromatic carboxylic acids is 2. The number of aliphatic hydroxyl groups is 2. The van der Waals surface area contributed by atoms with E-state index in [-0.39, 0.29) is 23.9 Å². The van der Waals surface area contributed by atoms with Crippen LogP contribution in [-0.2, 0) is 19.0 Å². The molecule has 0 aliphatic heterocycles. The Bertz CT molecular complexity index is 6440. The highest BCUT2D eigenvalue weighted by atomic mass is 16.5. The zero-order valence-electron chi connectivity index (χ0n) is 59.2. The van der Waals surface area contributed by atoms with E-state index in [1.54, 1.807) is 24.3 Å². The molecule has 21 rings (SSSR count). The summed E-state index contributed by atoms with van der Waals surface area (Å²) >= 11 is 0. The van der Waals surface area contributed by atoms with Gasteiger partial charge in [0, 0.05) is 18.1 Å². The smallest absolute Gasteiger partial charge is 0.338 e. The molecule has 14 aromatic carbocycles. The van der Waals surface area contributed by atoms with Crippen LogP contribution >= 0.6 is 0 Å². The van der Waals surface area contributed by atoms with Crippen molar-refractivity contribution in [1.29, 1.82) is 0 Å². The molecule has 0 saturated carbocycles. The first kappa shape index (κ1) is 70.5. The third kappa shape index (κ3) is 13.5. The first-order chi connectivity index (χ1) is 53.0. The zero-order chi connectivity index (χ0) is 75.7. The fourth-order valence-electron chi connectivity index (χ4n) is 15.1. The Morgan fingerprint density at radius 3 is 1.14 bits per heavy atom. The van der Waals surface area contributed by atoms with Gasteiger partial charge < -0.3 is 39.4 Å². The number of esters is 4. The van der Waals surface area contributed by atoms with Crippen LogP contribution in [0.15, 0.2) is 212 Å². The van der Waals surface area contributed by atoms with E-state index in [1.807, 2.05) is 218 Å². The zero-order valence-corrected chi connectivity index (χ0v) is 59.2. The molecule has 109 heavy (non-hydrogen) atoms. The second-order valence-electron chi connectivity index (χ2n) is 26.3. The number of benzene rings is 14. The summed E-state index contributed by atoms with van der Waals surface area (Å²) in [5.74, 6) is -2.24. The van der Waals surface area contributed by atoms with E-state index in [0.717, 1.165) is 104 Å². The monoisotopic (exact) mass is 1430 g/mol. The molecule has 0 radical (unpaired) electrons. The van der Waals surface area contributed by atoms with Crippen molar-refractivity contribution in [1.82, 2.24) is 0 Å². The molecule has 0 atom stereocenters. The first-order valence-corrected chi connectivity index (χ1v) is 34.9. The quantitative estimate of drug-likeness (QED) is 0.0505. The average molecular weight is 1430 g/mol. The van der Waals surface area contributed by atoms with Gasteiger partial charge >= 0.3 is 35.8 Å². The van der Waals surface area contributed by atoms with Crippen LogP contribution in [0, 0.1) is 0 Å². The fourth-order valence-corrected chi connectivity index (χ4v) is 15.1. The van der Waals surface area contributed by atoms with Crippen LogP contribution < -0.4 is 4.74 Å². The van der Waals surface area contributed by atoms with Gasteiger partial charge in [0.25, 0.3) is 0 Å². The summed E-state index contributed by atoms with van der Waals surface area (Å²) in [5, 5.41) is 51.8. The SMILES string of the molecule is CC(=O)Oc1ccc2cccc3c2c1C=C3.COC(=O)c1cc2c3c(cccc3c1)C=C2.COC(=O)c1ccc2c3c(cccc13)C=C2.COC(=O)c1ccc2cccc3c2c1C=C3.O=C(O)c1cc2c3c(cccc3c1)C=C2.O=C(O)c1ccc2c3c(cccc13)C=C2.OC(O)c1ccc2cccc3c2c1C=C3. The molecule has 0 saturated heterocycles. The molecule has 4 N–H and O–H groups in total. The van der Waals surface area contributed by atoms with Gasteiger partial charge in [0.15, 0.2) is 6.29 Å². The maximum atomic E-state index is 11.6. The van der Waals surface area contributed by atoms with E-state index < -0.39 is 18.2 Å². The van der Waals surface area contributed by atoms with E-state index in [1.165, 1.54) is 77.8 Å². The number of ether oxygens (including phenoxy) is 4. The maximum Gasteiger partial charge on any atom is 0.338 e. The molecule has 0 unspecified atom stereocenters. The van der Waals surface area contributed by atoms with Crippen LogP contribution in [-0.4, -0.2) is 77.6 Å². The highest BCUT2D eigenvalue weighted by molar-refractivity contribution is 6.16. The van der Waals surface area contributed by atoms with Crippen molar-refractivity contribution in [3.63, 3.8) is 0 Å². The lowest BCUT2D eigenvalue weighted by molar-refractivity contribution is -0.131. The Kier molecular flexibility index (Phi) is 19.2. The summed E-state index contributed by atoms with van der Waals surface area (Å²) in [4.78, 5) is 67.7. The molecule has 530 valence electrons. The fraction of sp³-hybridized carbons (Fsp3) is 0.0526. The molecule has 0 fully saturated rings. The van der Waals surface area contributed by atoms with Crippen LogP contribution in [0.1, 0.15) is 148 Å². The summed E-state index contributed by atoms with van der Waals surface area (Å²) in [6.45, 7) is 1.42. The number of hydrogen-bond acceptors (Lipinski definition) is 12. The highest BCUT2D eigenvalue weighted by Gasteiger charge is 2.23. The van der Waals surface area contributed by atoms with E-state index in [2.05, 4.69) is 54.6 Å². The van der Waals surface area contributed by atoms with Gasteiger partial charge in [-0.15, -0.1) is 0 Å². The lowest BCUT2D eigenvalue weighted by Gasteiger charge is -2.09. The molecule has 7 aliphatic carbocycles. The predicted octanol–water partition coefficient (Wildman–Crippen LogP) is 20.9. The summed E-state index contributed by atoms with van der Waals surface area (Å²) in [6, 6.07) is 67.9. The third-order valence-corrected chi connectivity index (χ3v) is 19.9. The lowest BCUT2D eigenvalue weighted by atomic mass is 9.99. The van der Waals surface area contributed by atoms with Crippen molar-refractivity contribution in [2.24, 2.45) is 0 Å². The van der Waals surface area contributed by atoms with Gasteiger partial charge in [-0.25, -0.2) is 24.0 Å². The van der Waals surface area contributed by atoms with Gasteiger partial charge in [-0.2, -0.15) is 0 Å². The minimum Gasteiger partial charge on any atom is -0.478 e. The van der Waals surface area contributed by atoms with Crippen molar-refractivity contribution < 1.29 is 68.1 Å².